The van der Waals surface area contributed by atoms with Gasteiger partial charge in [0.15, 0.2) is 0 Å². The molecular weight excluding hydrogens is 322 g/mol. The topological polar surface area (TPSA) is 61.5 Å². The molecule has 0 saturated heterocycles. The van der Waals surface area contributed by atoms with E-state index >= 15 is 0 Å². The van der Waals surface area contributed by atoms with Gasteiger partial charge < -0.3 is 15.2 Å². The molecule has 3 rings (SSSR count). The Balaban J connectivity index is 1.96. The fourth-order valence-electron chi connectivity index (χ4n) is 2.88. The predicted molar refractivity (Wildman–Crippen MR) is 94.9 cm³/mol. The van der Waals surface area contributed by atoms with Gasteiger partial charge in [-0.05, 0) is 49.6 Å². The highest BCUT2D eigenvalue weighted by atomic mass is 32.2. The van der Waals surface area contributed by atoms with Gasteiger partial charge in [0, 0.05) is 21.9 Å². The summed E-state index contributed by atoms with van der Waals surface area (Å²) in [5, 5.41) is 0. The zero-order valence-electron chi connectivity index (χ0n) is 13.7. The van der Waals surface area contributed by atoms with Crippen molar-refractivity contribution in [1.82, 2.24) is 0 Å². The van der Waals surface area contributed by atoms with Crippen molar-refractivity contribution < 1.29 is 14.3 Å². The minimum atomic E-state index is -0.250. The van der Waals surface area contributed by atoms with Crippen LogP contribution in [-0.2, 0) is 17.6 Å². The van der Waals surface area contributed by atoms with Crippen molar-refractivity contribution in [3.8, 4) is 5.75 Å². The van der Waals surface area contributed by atoms with Crippen LogP contribution in [0.2, 0.25) is 0 Å². The average Bonchev–Trinajstić information content (AvgIpc) is 2.79. The van der Waals surface area contributed by atoms with Gasteiger partial charge in [0.2, 0.25) is 0 Å². The fourth-order valence-corrected chi connectivity index (χ4v) is 4.07. The van der Waals surface area contributed by atoms with E-state index < -0.39 is 0 Å². The molecule has 4 nitrogen and oxygen atoms in total. The number of hydrogen-bond donors (Lipinski definition) is 1. The normalized spacial score (nSPS) is 12.8. The van der Waals surface area contributed by atoms with E-state index in [1.807, 2.05) is 31.2 Å². The van der Waals surface area contributed by atoms with Crippen LogP contribution in [0.4, 0.5) is 0 Å². The lowest BCUT2D eigenvalue weighted by atomic mass is 9.99. The molecule has 0 fully saturated rings. The standard InChI is InChI=1S/C19H21NO3S/c1-2-22-19(21)14-5-3-7-17-13(14)9-10-15-16(23-12-11-20)6-4-8-18(15)24-17/h3-8H,2,9-12,20H2,1H3. The van der Waals surface area contributed by atoms with Crippen molar-refractivity contribution in [3.63, 3.8) is 0 Å². The van der Waals surface area contributed by atoms with E-state index in [-0.39, 0.29) is 5.97 Å². The average molecular weight is 343 g/mol. The highest BCUT2D eigenvalue weighted by molar-refractivity contribution is 7.99. The molecule has 1 heterocycles. The molecule has 0 radical (unpaired) electrons. The third-order valence-corrected chi connectivity index (χ3v) is 5.14. The first kappa shape index (κ1) is 16.9. The zero-order chi connectivity index (χ0) is 16.9. The Morgan fingerprint density at radius 1 is 1.12 bits per heavy atom. The molecule has 0 spiro atoms. The highest BCUT2D eigenvalue weighted by Gasteiger charge is 2.22. The van der Waals surface area contributed by atoms with Crippen LogP contribution >= 0.6 is 11.8 Å². The van der Waals surface area contributed by atoms with Gasteiger partial charge in [-0.25, -0.2) is 4.79 Å². The molecule has 0 bridgehead atoms. The van der Waals surface area contributed by atoms with E-state index in [2.05, 4.69) is 12.1 Å². The van der Waals surface area contributed by atoms with Gasteiger partial charge in [-0.3, -0.25) is 0 Å². The van der Waals surface area contributed by atoms with E-state index in [4.69, 9.17) is 15.2 Å². The first-order valence-corrected chi connectivity index (χ1v) is 8.97. The smallest absolute Gasteiger partial charge is 0.338 e. The maximum atomic E-state index is 12.2. The number of benzene rings is 2. The maximum Gasteiger partial charge on any atom is 0.338 e. The molecule has 1 aliphatic rings. The number of nitrogens with two attached hydrogens (primary N) is 1. The van der Waals surface area contributed by atoms with Gasteiger partial charge >= 0.3 is 5.97 Å². The predicted octanol–water partition coefficient (Wildman–Crippen LogP) is 3.45. The van der Waals surface area contributed by atoms with Gasteiger partial charge in [0.1, 0.15) is 12.4 Å². The van der Waals surface area contributed by atoms with Crippen LogP contribution < -0.4 is 10.5 Å². The van der Waals surface area contributed by atoms with Crippen molar-refractivity contribution in [2.75, 3.05) is 19.8 Å². The van der Waals surface area contributed by atoms with Crippen LogP contribution in [0, 0.1) is 0 Å². The van der Waals surface area contributed by atoms with Crippen LogP contribution in [0.25, 0.3) is 0 Å². The van der Waals surface area contributed by atoms with Crippen LogP contribution in [-0.4, -0.2) is 25.7 Å². The third kappa shape index (κ3) is 3.42. The Kier molecular flexibility index (Phi) is 5.43. The molecule has 0 aromatic heterocycles. The lowest BCUT2D eigenvalue weighted by Crippen LogP contribution is -2.12. The Morgan fingerprint density at radius 2 is 1.83 bits per heavy atom. The highest BCUT2D eigenvalue weighted by Crippen LogP contribution is 2.41. The number of rotatable bonds is 5. The first-order valence-electron chi connectivity index (χ1n) is 8.16. The Morgan fingerprint density at radius 3 is 2.58 bits per heavy atom. The van der Waals surface area contributed by atoms with E-state index in [9.17, 15) is 4.79 Å². The van der Waals surface area contributed by atoms with Gasteiger partial charge in [-0.15, -0.1) is 0 Å². The monoisotopic (exact) mass is 343 g/mol. The van der Waals surface area contributed by atoms with Gasteiger partial charge in [0.05, 0.1) is 12.2 Å². The number of hydrogen-bond acceptors (Lipinski definition) is 5. The molecule has 126 valence electrons. The molecular formula is C19H21NO3S. The molecule has 2 aromatic carbocycles. The Bertz CT molecular complexity index is 745. The van der Waals surface area contributed by atoms with E-state index in [0.717, 1.165) is 29.1 Å². The number of ether oxygens (including phenoxy) is 2. The summed E-state index contributed by atoms with van der Waals surface area (Å²) in [5.74, 6) is 0.636. The van der Waals surface area contributed by atoms with Gasteiger partial charge in [-0.2, -0.15) is 0 Å². The van der Waals surface area contributed by atoms with Gasteiger partial charge in [-0.1, -0.05) is 23.9 Å². The summed E-state index contributed by atoms with van der Waals surface area (Å²) in [6, 6.07) is 11.9. The van der Waals surface area contributed by atoms with Crippen molar-refractivity contribution in [2.45, 2.75) is 29.6 Å². The Hall–Kier alpha value is -1.98. The minimum absolute atomic E-state index is 0.250. The summed E-state index contributed by atoms with van der Waals surface area (Å²) in [5.41, 5.74) is 8.46. The molecule has 0 aliphatic carbocycles. The second-order valence-electron chi connectivity index (χ2n) is 5.47. The van der Waals surface area contributed by atoms with Crippen LogP contribution in [0.5, 0.6) is 5.75 Å². The second kappa shape index (κ2) is 7.73. The molecule has 0 unspecified atom stereocenters. The molecule has 5 heteroatoms. The molecule has 24 heavy (non-hydrogen) atoms. The number of fused-ring (bicyclic) bond motifs is 2. The van der Waals surface area contributed by atoms with E-state index in [0.29, 0.717) is 25.3 Å². The summed E-state index contributed by atoms with van der Waals surface area (Å²) in [6.07, 6.45) is 1.61. The molecule has 0 amide bonds. The number of carbonyl (C=O) groups is 1. The molecule has 0 saturated carbocycles. The lowest BCUT2D eigenvalue weighted by Gasteiger charge is -2.12. The molecule has 0 atom stereocenters. The van der Waals surface area contributed by atoms with Crippen LogP contribution in [0.3, 0.4) is 0 Å². The summed E-state index contributed by atoms with van der Waals surface area (Å²) in [6.45, 7) is 3.20. The number of esters is 1. The van der Waals surface area contributed by atoms with Crippen LogP contribution in [0.1, 0.15) is 28.4 Å². The quantitative estimate of drug-likeness (QED) is 0.843. The third-order valence-electron chi connectivity index (χ3n) is 3.94. The molecule has 2 N–H and O–H groups in total. The van der Waals surface area contributed by atoms with E-state index in [1.165, 1.54) is 10.5 Å². The van der Waals surface area contributed by atoms with E-state index in [1.54, 1.807) is 11.8 Å². The Labute approximate surface area is 146 Å². The fraction of sp³-hybridized carbons (Fsp3) is 0.316. The molecule has 1 aliphatic heterocycles. The summed E-state index contributed by atoms with van der Waals surface area (Å²) >= 11 is 1.68. The zero-order valence-corrected chi connectivity index (χ0v) is 14.5. The largest absolute Gasteiger partial charge is 0.492 e. The number of carbonyl (C=O) groups excluding carboxylic acids is 1. The summed E-state index contributed by atoms with van der Waals surface area (Å²) in [4.78, 5) is 14.5. The minimum Gasteiger partial charge on any atom is -0.492 e. The van der Waals surface area contributed by atoms with Crippen molar-refractivity contribution in [2.24, 2.45) is 5.73 Å². The van der Waals surface area contributed by atoms with Crippen LogP contribution in [0.15, 0.2) is 46.2 Å². The van der Waals surface area contributed by atoms with Crippen molar-refractivity contribution in [3.05, 3.63) is 53.1 Å². The van der Waals surface area contributed by atoms with Crippen molar-refractivity contribution >= 4 is 17.7 Å². The SMILES string of the molecule is CCOC(=O)c1cccc2c1CCc1c(OCCN)cccc1S2. The van der Waals surface area contributed by atoms with Crippen molar-refractivity contribution in [1.29, 1.82) is 0 Å². The first-order chi connectivity index (χ1) is 11.7. The second-order valence-corrected chi connectivity index (χ2v) is 6.56. The summed E-state index contributed by atoms with van der Waals surface area (Å²) in [7, 11) is 0. The van der Waals surface area contributed by atoms with Gasteiger partial charge in [0.25, 0.3) is 0 Å². The molecule has 2 aromatic rings. The maximum absolute atomic E-state index is 12.2. The lowest BCUT2D eigenvalue weighted by molar-refractivity contribution is 0.0524. The summed E-state index contributed by atoms with van der Waals surface area (Å²) < 4.78 is 11.0.